The zero-order valence-corrected chi connectivity index (χ0v) is 21.1. The van der Waals surface area contributed by atoms with Crippen molar-refractivity contribution in [3.63, 3.8) is 0 Å². The summed E-state index contributed by atoms with van der Waals surface area (Å²) in [5.41, 5.74) is 6.33. The number of anilines is 2. The molecule has 0 radical (unpaired) electrons. The first-order chi connectivity index (χ1) is 17.0. The molecule has 3 aromatic carbocycles. The Kier molecular flexibility index (Phi) is 8.35. The van der Waals surface area contributed by atoms with Crippen molar-refractivity contribution in [3.05, 3.63) is 90.0 Å². The number of carbonyl (C=O) groups excluding carboxylic acids is 1. The lowest BCUT2D eigenvalue weighted by atomic mass is 9.99. The Labute approximate surface area is 209 Å². The Morgan fingerprint density at radius 3 is 2.46 bits per heavy atom. The molecule has 0 unspecified atom stereocenters. The molecule has 3 aromatic rings. The molecule has 1 fully saturated rings. The minimum Gasteiger partial charge on any atom is -0.384 e. The summed E-state index contributed by atoms with van der Waals surface area (Å²) >= 11 is 0. The van der Waals surface area contributed by atoms with Gasteiger partial charge >= 0.3 is 0 Å². The van der Waals surface area contributed by atoms with E-state index in [2.05, 4.69) is 69.5 Å². The lowest BCUT2D eigenvalue weighted by Crippen LogP contribution is -2.44. The van der Waals surface area contributed by atoms with E-state index >= 15 is 0 Å². The van der Waals surface area contributed by atoms with Crippen molar-refractivity contribution in [2.45, 2.75) is 0 Å². The summed E-state index contributed by atoms with van der Waals surface area (Å²) in [6.45, 7) is 5.93. The Bertz CT molecular complexity index is 1150. The Morgan fingerprint density at radius 2 is 1.71 bits per heavy atom. The topological polar surface area (TPSA) is 38.8 Å². The van der Waals surface area contributed by atoms with Crippen LogP contribution in [0.5, 0.6) is 0 Å². The normalized spacial score (nSPS) is 14.6. The van der Waals surface area contributed by atoms with Gasteiger partial charge in [-0.05, 0) is 62.6 Å². The van der Waals surface area contributed by atoms with Gasteiger partial charge in [0.2, 0.25) is 0 Å². The van der Waals surface area contributed by atoms with E-state index in [1.165, 1.54) is 16.8 Å². The van der Waals surface area contributed by atoms with Gasteiger partial charge in [0.05, 0.1) is 0 Å². The van der Waals surface area contributed by atoms with E-state index < -0.39 is 0 Å². The van der Waals surface area contributed by atoms with E-state index in [0.717, 1.165) is 50.5 Å². The van der Waals surface area contributed by atoms with Crippen LogP contribution in [-0.4, -0.2) is 76.0 Å². The quantitative estimate of drug-likeness (QED) is 0.354. The molecule has 1 N–H and O–H groups in total. The molecule has 1 aliphatic rings. The highest BCUT2D eigenvalue weighted by Gasteiger charge is 2.18. The van der Waals surface area contributed by atoms with Crippen LogP contribution in [0, 0.1) is 0 Å². The maximum Gasteiger partial charge on any atom is 0.185 e. The van der Waals surface area contributed by atoms with Gasteiger partial charge in [-0.25, -0.2) is 0 Å². The first-order valence-electron chi connectivity index (χ1n) is 12.3. The maximum atomic E-state index is 12.9. The number of carbonyl (C=O) groups is 1. The van der Waals surface area contributed by atoms with Crippen LogP contribution in [0.4, 0.5) is 11.4 Å². The number of hydrogen-bond acceptors (Lipinski definition) is 5. The molecular weight excluding hydrogens is 432 g/mol. The predicted molar refractivity (Wildman–Crippen MR) is 148 cm³/mol. The van der Waals surface area contributed by atoms with Gasteiger partial charge in [-0.15, -0.1) is 0 Å². The van der Waals surface area contributed by atoms with Gasteiger partial charge in [0, 0.05) is 61.8 Å². The van der Waals surface area contributed by atoms with E-state index in [0.29, 0.717) is 5.56 Å². The summed E-state index contributed by atoms with van der Waals surface area (Å²) in [5, 5.41) is 3.39. The van der Waals surface area contributed by atoms with Crippen LogP contribution in [-0.2, 0) is 0 Å². The summed E-state index contributed by atoms with van der Waals surface area (Å²) in [6.07, 6.45) is 3.60. The Morgan fingerprint density at radius 1 is 0.943 bits per heavy atom. The van der Waals surface area contributed by atoms with Crippen LogP contribution < -0.4 is 10.2 Å². The van der Waals surface area contributed by atoms with Crippen LogP contribution in [0.1, 0.15) is 15.9 Å². The number of allylic oxidation sites excluding steroid dienone is 1. The van der Waals surface area contributed by atoms with Crippen LogP contribution in [0.3, 0.4) is 0 Å². The third-order valence-electron chi connectivity index (χ3n) is 6.41. The van der Waals surface area contributed by atoms with Crippen molar-refractivity contribution in [3.8, 4) is 11.1 Å². The number of hydrogen-bond donors (Lipinski definition) is 1. The van der Waals surface area contributed by atoms with Crippen molar-refractivity contribution in [2.75, 3.05) is 70.6 Å². The first kappa shape index (κ1) is 24.7. The second-order valence-corrected chi connectivity index (χ2v) is 9.44. The molecule has 1 saturated heterocycles. The molecule has 5 nitrogen and oxygen atoms in total. The van der Waals surface area contributed by atoms with Gasteiger partial charge in [0.25, 0.3) is 0 Å². The lowest BCUT2D eigenvalue weighted by molar-refractivity contribution is 0.104. The fraction of sp³-hybridized carbons (Fsp3) is 0.300. The number of nitrogens with one attached hydrogen (secondary N) is 1. The van der Waals surface area contributed by atoms with E-state index in [1.54, 1.807) is 6.08 Å². The fourth-order valence-corrected chi connectivity index (χ4v) is 4.30. The highest BCUT2D eigenvalue weighted by atomic mass is 16.1. The molecule has 0 atom stereocenters. The summed E-state index contributed by atoms with van der Waals surface area (Å²) in [6, 6.07) is 24.8. The summed E-state index contributed by atoms with van der Waals surface area (Å²) in [5.74, 6) is 0.00525. The third-order valence-corrected chi connectivity index (χ3v) is 6.41. The average Bonchev–Trinajstić information content (AvgIpc) is 2.88. The molecule has 0 aromatic heterocycles. The standard InChI is InChI=1S/C30H36N4O/c1-32(2)17-16-31-27-11-7-10-26(23-27)30(35)15-13-24-12-14-29(34-20-18-33(3)19-21-34)28(22-24)25-8-5-4-6-9-25/h4-15,22-23,31H,16-21H2,1-3H3/b15-13+. The molecule has 35 heavy (non-hydrogen) atoms. The van der Waals surface area contributed by atoms with Crippen molar-refractivity contribution >= 4 is 23.2 Å². The average molecular weight is 469 g/mol. The maximum absolute atomic E-state index is 12.9. The predicted octanol–water partition coefficient (Wildman–Crippen LogP) is 4.98. The van der Waals surface area contributed by atoms with E-state index in [9.17, 15) is 4.79 Å². The van der Waals surface area contributed by atoms with Gasteiger partial charge < -0.3 is 20.0 Å². The zero-order valence-electron chi connectivity index (χ0n) is 21.1. The third kappa shape index (κ3) is 6.81. The second-order valence-electron chi connectivity index (χ2n) is 9.44. The number of rotatable bonds is 9. The largest absolute Gasteiger partial charge is 0.384 e. The van der Waals surface area contributed by atoms with Crippen molar-refractivity contribution in [2.24, 2.45) is 0 Å². The molecule has 0 saturated carbocycles. The van der Waals surface area contributed by atoms with Crippen LogP contribution in [0.2, 0.25) is 0 Å². The molecule has 0 bridgehead atoms. The number of nitrogens with zero attached hydrogens (tertiary/aromatic N) is 3. The van der Waals surface area contributed by atoms with Crippen LogP contribution in [0.25, 0.3) is 17.2 Å². The van der Waals surface area contributed by atoms with Crippen molar-refractivity contribution in [1.29, 1.82) is 0 Å². The Balaban J connectivity index is 1.53. The van der Waals surface area contributed by atoms with Crippen LogP contribution in [0.15, 0.2) is 78.9 Å². The number of ketones is 1. The second kappa shape index (κ2) is 11.8. The molecule has 0 aliphatic carbocycles. The summed E-state index contributed by atoms with van der Waals surface area (Å²) in [4.78, 5) is 19.9. The highest BCUT2D eigenvalue weighted by Crippen LogP contribution is 2.33. The van der Waals surface area contributed by atoms with Crippen molar-refractivity contribution in [1.82, 2.24) is 9.80 Å². The molecule has 4 rings (SSSR count). The highest BCUT2D eigenvalue weighted by molar-refractivity contribution is 6.07. The minimum absolute atomic E-state index is 0.00525. The van der Waals surface area contributed by atoms with E-state index in [-0.39, 0.29) is 5.78 Å². The molecule has 0 spiro atoms. The molecule has 0 amide bonds. The molecule has 182 valence electrons. The van der Waals surface area contributed by atoms with E-state index in [1.807, 2.05) is 50.5 Å². The smallest absolute Gasteiger partial charge is 0.185 e. The number of piperazine rings is 1. The lowest BCUT2D eigenvalue weighted by Gasteiger charge is -2.35. The SMILES string of the molecule is CN(C)CCNc1cccc(C(=O)/C=C/c2ccc(N3CCN(C)CC3)c(-c3ccccc3)c2)c1. The summed E-state index contributed by atoms with van der Waals surface area (Å²) in [7, 11) is 6.27. The van der Waals surface area contributed by atoms with Gasteiger partial charge in [-0.3, -0.25) is 4.79 Å². The first-order valence-corrected chi connectivity index (χ1v) is 12.3. The van der Waals surface area contributed by atoms with Gasteiger partial charge in [0.15, 0.2) is 5.78 Å². The minimum atomic E-state index is 0.00525. The molecule has 5 heteroatoms. The van der Waals surface area contributed by atoms with Crippen LogP contribution >= 0.6 is 0 Å². The monoisotopic (exact) mass is 468 g/mol. The van der Waals surface area contributed by atoms with Gasteiger partial charge in [0.1, 0.15) is 0 Å². The fourth-order valence-electron chi connectivity index (χ4n) is 4.30. The number of benzene rings is 3. The van der Waals surface area contributed by atoms with Gasteiger partial charge in [-0.2, -0.15) is 0 Å². The molecule has 1 heterocycles. The Hall–Kier alpha value is -3.41. The molecular formula is C30H36N4O. The number of likely N-dealkylation sites (N-methyl/N-ethyl adjacent to an activating group) is 2. The van der Waals surface area contributed by atoms with E-state index in [4.69, 9.17) is 0 Å². The zero-order chi connectivity index (χ0) is 24.6. The van der Waals surface area contributed by atoms with Crippen molar-refractivity contribution < 1.29 is 4.79 Å². The molecule has 1 aliphatic heterocycles. The summed E-state index contributed by atoms with van der Waals surface area (Å²) < 4.78 is 0. The van der Waals surface area contributed by atoms with Gasteiger partial charge in [-0.1, -0.05) is 54.6 Å².